The van der Waals surface area contributed by atoms with Gasteiger partial charge in [0.2, 0.25) is 5.91 Å². The van der Waals surface area contributed by atoms with Gasteiger partial charge in [0.15, 0.2) is 0 Å². The van der Waals surface area contributed by atoms with Gasteiger partial charge in [-0.15, -0.1) is 0 Å². The van der Waals surface area contributed by atoms with Crippen LogP contribution in [0.1, 0.15) is 61.0 Å². The van der Waals surface area contributed by atoms with E-state index >= 15 is 4.39 Å². The minimum absolute atomic E-state index is 0.205. The summed E-state index contributed by atoms with van der Waals surface area (Å²) >= 11 is 0. The summed E-state index contributed by atoms with van der Waals surface area (Å²) in [4.78, 5) is 33.2. The van der Waals surface area contributed by atoms with Crippen molar-refractivity contribution in [2.24, 2.45) is 11.1 Å². The van der Waals surface area contributed by atoms with Gasteiger partial charge in [0.05, 0.1) is 17.2 Å². The molecule has 2 aliphatic heterocycles. The molecule has 186 valence electrons. The zero-order chi connectivity index (χ0) is 24.7. The molecular weight excluding hydrogens is 447 g/mol. The zero-order valence-corrected chi connectivity index (χ0v) is 20.2. The molecule has 1 aliphatic carbocycles. The van der Waals surface area contributed by atoms with Crippen LogP contribution in [0.5, 0.6) is 0 Å². The highest BCUT2D eigenvalue weighted by molar-refractivity contribution is 5.92. The van der Waals surface area contributed by atoms with E-state index in [1.807, 2.05) is 15.9 Å². The van der Waals surface area contributed by atoms with E-state index in [1.165, 1.54) is 12.3 Å². The number of carbonyl (C=O) groups is 2. The fourth-order valence-corrected chi connectivity index (χ4v) is 6.22. The maximum atomic E-state index is 15.3. The minimum Gasteiger partial charge on any atom is -0.393 e. The molecule has 3 N–H and O–H groups in total. The van der Waals surface area contributed by atoms with Gasteiger partial charge < -0.3 is 20.6 Å². The van der Waals surface area contributed by atoms with Crippen molar-refractivity contribution in [3.05, 3.63) is 47.5 Å². The Kier molecular flexibility index (Phi) is 6.25. The van der Waals surface area contributed by atoms with Crippen LogP contribution in [-0.2, 0) is 4.79 Å². The monoisotopic (exact) mass is 480 g/mol. The second kappa shape index (κ2) is 9.22. The number of aliphatic hydroxyl groups excluding tert-OH is 1. The second-order valence-electron chi connectivity index (χ2n) is 10.4. The van der Waals surface area contributed by atoms with Crippen LogP contribution >= 0.6 is 0 Å². The van der Waals surface area contributed by atoms with Crippen molar-refractivity contribution in [2.45, 2.75) is 64.0 Å². The largest absolute Gasteiger partial charge is 0.393 e. The number of hydrogen-bond donors (Lipinski definition) is 2. The molecule has 0 unspecified atom stereocenters. The first-order chi connectivity index (χ1) is 16.8. The number of pyridine rings is 1. The Labute approximate surface area is 205 Å². The van der Waals surface area contributed by atoms with Gasteiger partial charge in [-0.2, -0.15) is 0 Å². The lowest BCUT2D eigenvalue weighted by Crippen LogP contribution is -2.50. The quantitative estimate of drug-likeness (QED) is 0.699. The molecule has 5 rings (SSSR count). The molecule has 1 aromatic heterocycles. The average molecular weight is 481 g/mol. The van der Waals surface area contributed by atoms with Crippen molar-refractivity contribution in [2.75, 3.05) is 24.5 Å². The number of rotatable bonds is 4. The van der Waals surface area contributed by atoms with E-state index in [4.69, 9.17) is 5.73 Å². The smallest absolute Gasteiger partial charge is 0.267 e. The summed E-state index contributed by atoms with van der Waals surface area (Å²) in [5.74, 6) is -0.716. The highest BCUT2D eigenvalue weighted by Crippen LogP contribution is 2.44. The van der Waals surface area contributed by atoms with Crippen LogP contribution in [0.25, 0.3) is 11.1 Å². The number of carbonyl (C=O) groups excluding carboxylic acids is 2. The normalized spacial score (nSPS) is 27.0. The molecule has 3 heterocycles. The molecule has 3 aliphatic rings. The first-order valence-electron chi connectivity index (χ1n) is 12.6. The first-order valence-corrected chi connectivity index (χ1v) is 12.6. The van der Waals surface area contributed by atoms with E-state index in [1.54, 1.807) is 19.1 Å². The molecule has 2 saturated heterocycles. The number of primary amides is 1. The third kappa shape index (κ3) is 4.40. The highest BCUT2D eigenvalue weighted by Gasteiger charge is 2.50. The molecule has 1 saturated carbocycles. The van der Waals surface area contributed by atoms with Crippen molar-refractivity contribution >= 4 is 17.5 Å². The lowest BCUT2D eigenvalue weighted by atomic mass is 9.78. The number of likely N-dealkylation sites (tertiary alicyclic amines) is 1. The van der Waals surface area contributed by atoms with E-state index in [2.05, 4.69) is 4.98 Å². The Morgan fingerprint density at radius 1 is 1.14 bits per heavy atom. The van der Waals surface area contributed by atoms with Crippen LogP contribution in [0.4, 0.5) is 10.1 Å². The van der Waals surface area contributed by atoms with Gasteiger partial charge in [-0.25, -0.2) is 4.39 Å². The molecule has 2 amide bonds. The number of nitrogens with zero attached hydrogens (tertiary/aromatic N) is 3. The summed E-state index contributed by atoms with van der Waals surface area (Å²) < 4.78 is 15.3. The SMILES string of the molecule is Cc1cc(-c2ccc(N3CCC[C@]4(CCN(C5CCC(O)CC5)C4=O)C3)c(F)c2)cnc1C(N)=O. The number of nitrogens with two attached hydrogens (primary N) is 1. The van der Waals surface area contributed by atoms with E-state index in [0.717, 1.165) is 58.0 Å². The Balaban J connectivity index is 1.33. The summed E-state index contributed by atoms with van der Waals surface area (Å²) in [6.45, 7) is 3.76. The van der Waals surface area contributed by atoms with Crippen molar-refractivity contribution < 1.29 is 19.1 Å². The maximum absolute atomic E-state index is 15.3. The van der Waals surface area contributed by atoms with Gasteiger partial charge in [0, 0.05) is 37.4 Å². The summed E-state index contributed by atoms with van der Waals surface area (Å²) in [6.07, 6.45) is 7.01. The predicted octanol–water partition coefficient (Wildman–Crippen LogP) is 3.42. The Hall–Kier alpha value is -3.00. The minimum atomic E-state index is -0.587. The van der Waals surface area contributed by atoms with Gasteiger partial charge in [-0.1, -0.05) is 6.07 Å². The number of hydrogen-bond acceptors (Lipinski definition) is 5. The van der Waals surface area contributed by atoms with Crippen LogP contribution in [0.3, 0.4) is 0 Å². The number of aliphatic hydroxyl groups is 1. The fraction of sp³-hybridized carbons (Fsp3) is 0.519. The molecule has 1 aromatic carbocycles. The molecule has 0 radical (unpaired) electrons. The maximum Gasteiger partial charge on any atom is 0.267 e. The lowest BCUT2D eigenvalue weighted by Gasteiger charge is -2.41. The summed E-state index contributed by atoms with van der Waals surface area (Å²) in [5.41, 5.74) is 7.65. The van der Waals surface area contributed by atoms with Gasteiger partial charge in [0.1, 0.15) is 11.5 Å². The van der Waals surface area contributed by atoms with Crippen molar-refractivity contribution in [1.29, 1.82) is 0 Å². The standard InChI is InChI=1S/C27H33FN4O3/c1-17-13-19(15-30-24(17)25(29)34)18-3-8-23(22(28)14-18)31-11-2-9-27(16-31)10-12-32(26(27)35)20-4-6-21(33)7-5-20/h3,8,13-15,20-21,33H,2,4-7,9-12,16H2,1H3,(H2,29,34)/t20?,21?,27-/m0/s1. The highest BCUT2D eigenvalue weighted by atomic mass is 19.1. The summed E-state index contributed by atoms with van der Waals surface area (Å²) in [5, 5.41) is 9.84. The first kappa shape index (κ1) is 23.7. The van der Waals surface area contributed by atoms with Gasteiger partial charge in [-0.3, -0.25) is 14.6 Å². The topological polar surface area (TPSA) is 99.8 Å². The summed E-state index contributed by atoms with van der Waals surface area (Å²) in [6, 6.07) is 7.13. The number of anilines is 1. The van der Waals surface area contributed by atoms with Crippen LogP contribution in [0.15, 0.2) is 30.5 Å². The Bertz CT molecular complexity index is 1150. The zero-order valence-electron chi connectivity index (χ0n) is 20.2. The van der Waals surface area contributed by atoms with Crippen LogP contribution < -0.4 is 10.6 Å². The average Bonchev–Trinajstić information content (AvgIpc) is 3.14. The van der Waals surface area contributed by atoms with Crippen molar-refractivity contribution in [3.63, 3.8) is 0 Å². The summed E-state index contributed by atoms with van der Waals surface area (Å²) in [7, 11) is 0. The second-order valence-corrected chi connectivity index (χ2v) is 10.4. The van der Waals surface area contributed by atoms with Gasteiger partial charge in [0.25, 0.3) is 5.91 Å². The third-order valence-electron chi connectivity index (χ3n) is 8.16. The number of benzene rings is 1. The number of aromatic nitrogens is 1. The number of aryl methyl sites for hydroxylation is 1. The van der Waals surface area contributed by atoms with Gasteiger partial charge >= 0.3 is 0 Å². The molecule has 35 heavy (non-hydrogen) atoms. The van der Waals surface area contributed by atoms with E-state index in [0.29, 0.717) is 28.9 Å². The van der Waals surface area contributed by atoms with Crippen LogP contribution in [0.2, 0.25) is 0 Å². The van der Waals surface area contributed by atoms with E-state index in [-0.39, 0.29) is 29.6 Å². The van der Waals surface area contributed by atoms with E-state index < -0.39 is 11.3 Å². The molecular formula is C27H33FN4O3. The lowest BCUT2D eigenvalue weighted by molar-refractivity contribution is -0.139. The van der Waals surface area contributed by atoms with Gasteiger partial charge in [-0.05, 0) is 81.2 Å². The van der Waals surface area contributed by atoms with Crippen molar-refractivity contribution in [3.8, 4) is 11.1 Å². The van der Waals surface area contributed by atoms with Crippen molar-refractivity contribution in [1.82, 2.24) is 9.88 Å². The molecule has 3 fully saturated rings. The Morgan fingerprint density at radius 3 is 2.60 bits per heavy atom. The predicted molar refractivity (Wildman–Crippen MR) is 131 cm³/mol. The molecule has 1 spiro atoms. The van der Waals surface area contributed by atoms with Crippen LogP contribution in [-0.4, -0.2) is 58.6 Å². The number of piperidine rings is 1. The molecule has 1 atom stereocenters. The van der Waals surface area contributed by atoms with E-state index in [9.17, 15) is 14.7 Å². The molecule has 7 nitrogen and oxygen atoms in total. The number of amides is 2. The molecule has 0 bridgehead atoms. The number of halogens is 1. The third-order valence-corrected chi connectivity index (χ3v) is 8.16. The molecule has 8 heteroatoms. The van der Waals surface area contributed by atoms with Crippen LogP contribution in [0, 0.1) is 18.2 Å². The fourth-order valence-electron chi connectivity index (χ4n) is 6.22. The Morgan fingerprint density at radius 2 is 1.91 bits per heavy atom. The molecule has 2 aromatic rings.